The lowest BCUT2D eigenvalue weighted by atomic mass is 10.1. The zero-order chi connectivity index (χ0) is 33.5. The maximum Gasteiger partial charge on any atom is 0.164 e. The van der Waals surface area contributed by atoms with Crippen LogP contribution in [0.5, 0.6) is 0 Å². The average molecular weight is 688 g/mol. The summed E-state index contributed by atoms with van der Waals surface area (Å²) in [4.78, 5) is 19.9. The van der Waals surface area contributed by atoms with Crippen molar-refractivity contribution in [2.24, 2.45) is 0 Å². The molecule has 6 aromatic carbocycles. The molecule has 0 amide bonds. The van der Waals surface area contributed by atoms with E-state index >= 15 is 0 Å². The van der Waals surface area contributed by atoms with Crippen molar-refractivity contribution in [1.29, 1.82) is 0 Å². The topological polar surface area (TPSA) is 56.5 Å². The van der Waals surface area contributed by atoms with Crippen molar-refractivity contribution in [3.63, 3.8) is 0 Å². The summed E-state index contributed by atoms with van der Waals surface area (Å²) in [6, 6.07) is 51.3. The van der Waals surface area contributed by atoms with Gasteiger partial charge >= 0.3 is 0 Å². The Labute approximate surface area is 299 Å². The molecule has 0 radical (unpaired) electrons. The predicted octanol–water partition coefficient (Wildman–Crippen LogP) is 12.1. The van der Waals surface area contributed by atoms with Crippen LogP contribution in [0.1, 0.15) is 0 Å². The number of benzene rings is 6. The number of aromatic nitrogens is 5. The molecule has 0 atom stereocenters. The van der Waals surface area contributed by atoms with E-state index < -0.39 is 0 Å². The van der Waals surface area contributed by atoms with Crippen molar-refractivity contribution < 1.29 is 0 Å². The summed E-state index contributed by atoms with van der Waals surface area (Å²) in [5.74, 6) is 1.98. The normalized spacial score (nSPS) is 11.9. The fourth-order valence-corrected chi connectivity index (χ4v) is 9.64. The number of fused-ring (bicyclic) bond motifs is 9. The van der Waals surface area contributed by atoms with Gasteiger partial charge in [-0.25, -0.2) is 19.9 Å². The SMILES string of the molecule is c1ccc(-c2nc(-c3ccc4c(c3)sc3ccccc34)nc(-c3ccc4c(c3)sc3cc(-n5c6ccccc6c6cccnc65)ccc34)n2)cc1. The van der Waals surface area contributed by atoms with E-state index in [2.05, 4.69) is 126 Å². The monoisotopic (exact) mass is 687 g/mol. The fourth-order valence-electron chi connectivity index (χ4n) is 7.32. The lowest BCUT2D eigenvalue weighted by molar-refractivity contribution is 1.08. The summed E-state index contributed by atoms with van der Waals surface area (Å²) in [6.45, 7) is 0. The van der Waals surface area contributed by atoms with E-state index in [4.69, 9.17) is 19.9 Å². The van der Waals surface area contributed by atoms with Crippen LogP contribution in [0.4, 0.5) is 0 Å². The highest BCUT2D eigenvalue weighted by Crippen LogP contribution is 2.40. The third-order valence-electron chi connectivity index (χ3n) is 9.71. The minimum Gasteiger partial charge on any atom is -0.294 e. The molecule has 5 aromatic heterocycles. The van der Waals surface area contributed by atoms with Gasteiger partial charge in [0.1, 0.15) is 5.65 Å². The molecule has 238 valence electrons. The van der Waals surface area contributed by atoms with Crippen LogP contribution in [0.2, 0.25) is 0 Å². The summed E-state index contributed by atoms with van der Waals surface area (Å²) >= 11 is 3.59. The fraction of sp³-hybridized carbons (Fsp3) is 0. The molecule has 0 bridgehead atoms. The van der Waals surface area contributed by atoms with E-state index in [9.17, 15) is 0 Å². The molecule has 0 spiro atoms. The molecule has 0 aliphatic rings. The van der Waals surface area contributed by atoms with E-state index in [1.165, 1.54) is 45.7 Å². The van der Waals surface area contributed by atoms with Crippen LogP contribution in [0.15, 0.2) is 152 Å². The largest absolute Gasteiger partial charge is 0.294 e. The van der Waals surface area contributed by atoms with Crippen LogP contribution in [0.25, 0.3) is 102 Å². The smallest absolute Gasteiger partial charge is 0.164 e. The minimum atomic E-state index is 0.659. The Bertz CT molecular complexity index is 3100. The minimum absolute atomic E-state index is 0.659. The Morgan fingerprint density at radius 2 is 0.941 bits per heavy atom. The molecule has 0 saturated heterocycles. The van der Waals surface area contributed by atoms with E-state index in [1.807, 2.05) is 30.5 Å². The van der Waals surface area contributed by atoms with Gasteiger partial charge in [0.2, 0.25) is 0 Å². The van der Waals surface area contributed by atoms with Crippen LogP contribution in [0.3, 0.4) is 0 Å². The molecule has 51 heavy (non-hydrogen) atoms. The number of pyridine rings is 1. The highest BCUT2D eigenvalue weighted by atomic mass is 32.1. The quantitative estimate of drug-likeness (QED) is 0.185. The standard InChI is InChI=1S/C44H25N5S2/c1-2-9-26(10-3-1)41-46-42(27-16-19-32-31-12-5-7-15-37(31)50-38(32)23-27)48-43(47-41)28-17-20-33-34-21-18-29(25-40(34)51-39(33)24-28)49-36-14-6-4-11-30(36)35-13-8-22-45-44(35)49/h1-25H. The van der Waals surface area contributed by atoms with E-state index in [0.717, 1.165) is 38.9 Å². The second-order valence-corrected chi connectivity index (χ2v) is 14.9. The van der Waals surface area contributed by atoms with Crippen LogP contribution >= 0.6 is 22.7 Å². The summed E-state index contributed by atoms with van der Waals surface area (Å²) < 4.78 is 7.18. The second kappa shape index (κ2) is 11.1. The molecule has 0 fully saturated rings. The zero-order valence-corrected chi connectivity index (χ0v) is 28.6. The van der Waals surface area contributed by atoms with Crippen LogP contribution in [0, 0.1) is 0 Å². The number of para-hydroxylation sites is 1. The summed E-state index contributed by atoms with van der Waals surface area (Å²) in [5, 5.41) is 7.35. The van der Waals surface area contributed by atoms with Crippen molar-refractivity contribution in [1.82, 2.24) is 24.5 Å². The lowest BCUT2D eigenvalue weighted by Crippen LogP contribution is -2.00. The van der Waals surface area contributed by atoms with Gasteiger partial charge in [-0.3, -0.25) is 4.57 Å². The van der Waals surface area contributed by atoms with Crippen molar-refractivity contribution in [3.8, 4) is 39.9 Å². The Hall–Kier alpha value is -6.28. The molecule has 0 aliphatic heterocycles. The molecular formula is C44H25N5S2. The number of hydrogen-bond donors (Lipinski definition) is 0. The Balaban J connectivity index is 1.05. The van der Waals surface area contributed by atoms with Gasteiger partial charge in [-0.15, -0.1) is 22.7 Å². The number of hydrogen-bond acceptors (Lipinski definition) is 6. The average Bonchev–Trinajstić information content (AvgIpc) is 3.86. The number of thiophene rings is 2. The highest BCUT2D eigenvalue weighted by molar-refractivity contribution is 7.26. The summed E-state index contributed by atoms with van der Waals surface area (Å²) in [5.41, 5.74) is 6.12. The first-order chi connectivity index (χ1) is 25.2. The molecule has 0 saturated carbocycles. The molecule has 5 heterocycles. The molecule has 0 aliphatic carbocycles. The van der Waals surface area contributed by atoms with E-state index in [0.29, 0.717) is 17.5 Å². The Morgan fingerprint density at radius 1 is 0.392 bits per heavy atom. The van der Waals surface area contributed by atoms with Gasteiger partial charge in [-0.2, -0.15) is 0 Å². The first-order valence-electron chi connectivity index (χ1n) is 16.8. The van der Waals surface area contributed by atoms with E-state index in [-0.39, 0.29) is 0 Å². The molecule has 0 N–H and O–H groups in total. The third-order valence-corrected chi connectivity index (χ3v) is 12.0. The van der Waals surface area contributed by atoms with Crippen LogP contribution in [-0.4, -0.2) is 24.5 Å². The summed E-state index contributed by atoms with van der Waals surface area (Å²) in [6.07, 6.45) is 1.87. The number of rotatable bonds is 4. The second-order valence-electron chi connectivity index (χ2n) is 12.7. The van der Waals surface area contributed by atoms with Crippen molar-refractivity contribution in [2.75, 3.05) is 0 Å². The van der Waals surface area contributed by atoms with Crippen molar-refractivity contribution in [3.05, 3.63) is 152 Å². The molecule has 5 nitrogen and oxygen atoms in total. The maximum absolute atomic E-state index is 5.10. The first kappa shape index (κ1) is 28.5. The lowest BCUT2D eigenvalue weighted by Gasteiger charge is -2.09. The molecule has 11 aromatic rings. The first-order valence-corrected chi connectivity index (χ1v) is 18.4. The molecular weight excluding hydrogens is 663 g/mol. The van der Waals surface area contributed by atoms with Gasteiger partial charge in [0, 0.05) is 79.7 Å². The van der Waals surface area contributed by atoms with Crippen LogP contribution in [-0.2, 0) is 0 Å². The predicted molar refractivity (Wildman–Crippen MR) is 214 cm³/mol. The van der Waals surface area contributed by atoms with Gasteiger partial charge in [0.15, 0.2) is 17.5 Å². The van der Waals surface area contributed by atoms with Crippen molar-refractivity contribution >= 4 is 85.0 Å². The summed E-state index contributed by atoms with van der Waals surface area (Å²) in [7, 11) is 0. The van der Waals surface area contributed by atoms with Gasteiger partial charge in [0.05, 0.1) is 5.52 Å². The van der Waals surface area contributed by atoms with Crippen molar-refractivity contribution in [2.45, 2.75) is 0 Å². The highest BCUT2D eigenvalue weighted by Gasteiger charge is 2.17. The van der Waals surface area contributed by atoms with Gasteiger partial charge in [0.25, 0.3) is 0 Å². The molecule has 0 unspecified atom stereocenters. The van der Waals surface area contributed by atoms with Gasteiger partial charge in [-0.1, -0.05) is 97.1 Å². The van der Waals surface area contributed by atoms with Gasteiger partial charge < -0.3 is 0 Å². The van der Waals surface area contributed by atoms with Gasteiger partial charge in [-0.05, 0) is 48.5 Å². The number of nitrogens with zero attached hydrogens (tertiary/aromatic N) is 5. The maximum atomic E-state index is 5.10. The third kappa shape index (κ3) is 4.52. The molecule has 7 heteroatoms. The molecule has 11 rings (SSSR count). The zero-order valence-electron chi connectivity index (χ0n) is 27.0. The van der Waals surface area contributed by atoms with E-state index in [1.54, 1.807) is 22.7 Å². The Morgan fingerprint density at radius 3 is 1.69 bits per heavy atom. The Kier molecular flexibility index (Phi) is 6.22. The van der Waals surface area contributed by atoms with Crippen LogP contribution < -0.4 is 0 Å².